The first kappa shape index (κ1) is 20.9. The summed E-state index contributed by atoms with van der Waals surface area (Å²) in [6.45, 7) is 2.00. The molecule has 6 nitrogen and oxygen atoms in total. The third-order valence-corrected chi connectivity index (χ3v) is 4.44. The van der Waals surface area contributed by atoms with Crippen molar-refractivity contribution < 1.29 is 19.1 Å². The Morgan fingerprint density at radius 3 is 2.27 bits per heavy atom. The molecule has 0 saturated heterocycles. The maximum atomic E-state index is 12.4. The van der Waals surface area contributed by atoms with Gasteiger partial charge in [-0.1, -0.05) is 42.5 Å². The van der Waals surface area contributed by atoms with Crippen molar-refractivity contribution in [1.82, 2.24) is 0 Å². The Hall–Kier alpha value is -3.80. The molecule has 6 heteroatoms. The maximum absolute atomic E-state index is 12.4. The summed E-state index contributed by atoms with van der Waals surface area (Å²) in [6, 6.07) is 23.9. The summed E-state index contributed by atoms with van der Waals surface area (Å²) in [6.07, 6.45) is -0.948. The number of carbonyl (C=O) groups is 2. The van der Waals surface area contributed by atoms with E-state index in [9.17, 15) is 9.59 Å². The van der Waals surface area contributed by atoms with E-state index in [0.717, 1.165) is 5.56 Å². The average molecular weight is 404 g/mol. The predicted octanol–water partition coefficient (Wildman–Crippen LogP) is 4.49. The number of rotatable bonds is 8. The van der Waals surface area contributed by atoms with Gasteiger partial charge in [0, 0.05) is 18.4 Å². The van der Waals surface area contributed by atoms with Crippen molar-refractivity contribution in [2.75, 3.05) is 17.7 Å². The van der Waals surface area contributed by atoms with Gasteiger partial charge in [0.15, 0.2) is 6.10 Å². The number of amides is 1. The minimum absolute atomic E-state index is 0.375. The number of anilines is 2. The lowest BCUT2D eigenvalue weighted by Crippen LogP contribution is -2.30. The van der Waals surface area contributed by atoms with Gasteiger partial charge in [0.05, 0.1) is 5.56 Å². The first-order chi connectivity index (χ1) is 14.6. The van der Waals surface area contributed by atoms with Crippen LogP contribution in [0.4, 0.5) is 11.4 Å². The van der Waals surface area contributed by atoms with Crippen molar-refractivity contribution in [2.45, 2.75) is 19.6 Å². The number of ether oxygens (including phenoxy) is 2. The summed E-state index contributed by atoms with van der Waals surface area (Å²) in [4.78, 5) is 24.8. The number of nitrogens with one attached hydrogen (secondary N) is 2. The zero-order chi connectivity index (χ0) is 21.3. The maximum Gasteiger partial charge on any atom is 0.341 e. The summed E-state index contributed by atoms with van der Waals surface area (Å²) in [5, 5.41) is 5.67. The first-order valence-electron chi connectivity index (χ1n) is 9.62. The van der Waals surface area contributed by atoms with Crippen molar-refractivity contribution in [1.29, 1.82) is 0 Å². The number of para-hydroxylation sites is 1. The summed E-state index contributed by atoms with van der Waals surface area (Å²) >= 11 is 0. The van der Waals surface area contributed by atoms with Crippen LogP contribution in [0.25, 0.3) is 0 Å². The Labute approximate surface area is 175 Å². The van der Waals surface area contributed by atoms with Crippen LogP contribution >= 0.6 is 0 Å². The van der Waals surface area contributed by atoms with E-state index in [4.69, 9.17) is 9.47 Å². The Bertz CT molecular complexity index is 988. The van der Waals surface area contributed by atoms with Crippen molar-refractivity contribution >= 4 is 23.3 Å². The standard InChI is InChI=1S/C24H24N2O4/c1-17(30-24(28)21-10-6-7-11-22(21)25-2)23(27)26-19-12-14-20(15-13-19)29-16-18-8-4-3-5-9-18/h3-15,17,25H,16H2,1-2H3,(H,26,27)/t17-/m0/s1. The van der Waals surface area contributed by atoms with E-state index in [1.54, 1.807) is 49.5 Å². The predicted molar refractivity (Wildman–Crippen MR) is 117 cm³/mol. The largest absolute Gasteiger partial charge is 0.489 e. The van der Waals surface area contributed by atoms with E-state index in [1.807, 2.05) is 36.4 Å². The van der Waals surface area contributed by atoms with Crippen LogP contribution in [0.1, 0.15) is 22.8 Å². The molecule has 0 aliphatic carbocycles. The van der Waals surface area contributed by atoms with Gasteiger partial charge in [-0.3, -0.25) is 4.79 Å². The van der Waals surface area contributed by atoms with E-state index >= 15 is 0 Å². The molecule has 30 heavy (non-hydrogen) atoms. The molecular formula is C24H24N2O4. The average Bonchev–Trinajstić information content (AvgIpc) is 2.79. The van der Waals surface area contributed by atoms with Crippen molar-refractivity contribution in [2.24, 2.45) is 0 Å². The fourth-order valence-electron chi connectivity index (χ4n) is 2.78. The highest BCUT2D eigenvalue weighted by molar-refractivity contribution is 5.99. The van der Waals surface area contributed by atoms with Crippen LogP contribution in [0.3, 0.4) is 0 Å². The summed E-state index contributed by atoms with van der Waals surface area (Å²) in [7, 11) is 1.72. The Kier molecular flexibility index (Phi) is 7.05. The fraction of sp³-hybridized carbons (Fsp3) is 0.167. The highest BCUT2D eigenvalue weighted by Crippen LogP contribution is 2.19. The fourth-order valence-corrected chi connectivity index (χ4v) is 2.78. The van der Waals surface area contributed by atoms with Crippen LogP contribution in [-0.4, -0.2) is 25.0 Å². The van der Waals surface area contributed by atoms with Crippen LogP contribution in [0.15, 0.2) is 78.9 Å². The van der Waals surface area contributed by atoms with Crippen molar-refractivity contribution in [3.8, 4) is 5.75 Å². The third-order valence-electron chi connectivity index (χ3n) is 4.44. The van der Waals surface area contributed by atoms with Gasteiger partial charge in [0.2, 0.25) is 0 Å². The number of hydrogen-bond donors (Lipinski definition) is 2. The summed E-state index contributed by atoms with van der Waals surface area (Å²) in [5.41, 5.74) is 2.68. The van der Waals surface area contributed by atoms with Gasteiger partial charge >= 0.3 is 5.97 Å². The van der Waals surface area contributed by atoms with E-state index in [1.165, 1.54) is 6.92 Å². The highest BCUT2D eigenvalue weighted by atomic mass is 16.5. The molecule has 0 aromatic heterocycles. The molecule has 0 aliphatic heterocycles. The Balaban J connectivity index is 1.52. The molecule has 154 valence electrons. The van der Waals surface area contributed by atoms with Gasteiger partial charge in [-0.15, -0.1) is 0 Å². The second kappa shape index (κ2) is 10.1. The first-order valence-corrected chi connectivity index (χ1v) is 9.62. The molecule has 0 fully saturated rings. The smallest absolute Gasteiger partial charge is 0.341 e. The van der Waals surface area contributed by atoms with Crippen LogP contribution in [-0.2, 0) is 16.1 Å². The molecule has 0 unspecified atom stereocenters. The van der Waals surface area contributed by atoms with Crippen LogP contribution < -0.4 is 15.4 Å². The van der Waals surface area contributed by atoms with Crippen LogP contribution in [0.2, 0.25) is 0 Å². The number of carbonyl (C=O) groups excluding carboxylic acids is 2. The second-order valence-electron chi connectivity index (χ2n) is 6.63. The van der Waals surface area contributed by atoms with Crippen LogP contribution in [0.5, 0.6) is 5.75 Å². The second-order valence-corrected chi connectivity index (χ2v) is 6.63. The molecule has 3 aromatic carbocycles. The molecule has 0 saturated carbocycles. The minimum Gasteiger partial charge on any atom is -0.489 e. The minimum atomic E-state index is -0.948. The van der Waals surface area contributed by atoms with Crippen molar-refractivity contribution in [3.63, 3.8) is 0 Å². The zero-order valence-corrected chi connectivity index (χ0v) is 16.9. The molecule has 3 aromatic rings. The van der Waals surface area contributed by atoms with Gasteiger partial charge in [0.1, 0.15) is 12.4 Å². The lowest BCUT2D eigenvalue weighted by Gasteiger charge is -2.15. The summed E-state index contributed by atoms with van der Waals surface area (Å²) < 4.78 is 11.0. The van der Waals surface area contributed by atoms with E-state index in [0.29, 0.717) is 29.3 Å². The molecule has 1 atom stereocenters. The van der Waals surface area contributed by atoms with Gasteiger partial charge in [-0.05, 0) is 48.9 Å². The molecule has 0 radical (unpaired) electrons. The lowest BCUT2D eigenvalue weighted by molar-refractivity contribution is -0.123. The Morgan fingerprint density at radius 1 is 0.900 bits per heavy atom. The zero-order valence-electron chi connectivity index (χ0n) is 16.9. The monoisotopic (exact) mass is 404 g/mol. The third kappa shape index (κ3) is 5.61. The molecule has 3 rings (SSSR count). The topological polar surface area (TPSA) is 76.7 Å². The molecular weight excluding hydrogens is 380 g/mol. The quantitative estimate of drug-likeness (QED) is 0.541. The molecule has 0 bridgehead atoms. The van der Waals surface area contributed by atoms with E-state index in [-0.39, 0.29) is 0 Å². The molecule has 0 spiro atoms. The Morgan fingerprint density at radius 2 is 1.57 bits per heavy atom. The SMILES string of the molecule is CNc1ccccc1C(=O)O[C@@H](C)C(=O)Nc1ccc(OCc2ccccc2)cc1. The summed E-state index contributed by atoms with van der Waals surface area (Å²) in [5.74, 6) is -0.282. The van der Waals surface area contributed by atoms with Crippen molar-refractivity contribution in [3.05, 3.63) is 90.0 Å². The molecule has 0 aliphatic rings. The highest BCUT2D eigenvalue weighted by Gasteiger charge is 2.20. The van der Waals surface area contributed by atoms with Gasteiger partial charge < -0.3 is 20.1 Å². The van der Waals surface area contributed by atoms with Gasteiger partial charge in [0.25, 0.3) is 5.91 Å². The number of esters is 1. The van der Waals surface area contributed by atoms with Gasteiger partial charge in [-0.25, -0.2) is 4.79 Å². The van der Waals surface area contributed by atoms with E-state index < -0.39 is 18.0 Å². The lowest BCUT2D eigenvalue weighted by atomic mass is 10.2. The molecule has 1 amide bonds. The molecule has 2 N–H and O–H groups in total. The van der Waals surface area contributed by atoms with Gasteiger partial charge in [-0.2, -0.15) is 0 Å². The van der Waals surface area contributed by atoms with E-state index in [2.05, 4.69) is 10.6 Å². The molecule has 0 heterocycles. The number of hydrogen-bond acceptors (Lipinski definition) is 5. The number of benzene rings is 3. The normalized spacial score (nSPS) is 11.3. The van der Waals surface area contributed by atoms with Crippen LogP contribution in [0, 0.1) is 0 Å².